The number of likely N-dealkylation sites (N-methyl/N-ethyl adjacent to an activating group) is 1. The number of anilines is 1. The molecule has 10 nitrogen and oxygen atoms in total. The van der Waals surface area contributed by atoms with Gasteiger partial charge in [-0.05, 0) is 52.2 Å². The molecule has 1 saturated heterocycles. The maximum atomic E-state index is 14.5. The third-order valence-electron chi connectivity index (χ3n) is 9.02. The van der Waals surface area contributed by atoms with Crippen LogP contribution in [0.25, 0.3) is 0 Å². The number of piperidine rings is 1. The number of nitrogens with zero attached hydrogens (tertiary/aromatic N) is 6. The molecule has 2 fully saturated rings. The number of hydrogen-bond donors (Lipinski definition) is 1. The van der Waals surface area contributed by atoms with Crippen LogP contribution < -0.4 is 19.7 Å². The fourth-order valence-electron chi connectivity index (χ4n) is 6.81. The predicted molar refractivity (Wildman–Crippen MR) is 171 cm³/mol. The van der Waals surface area contributed by atoms with Crippen LogP contribution in [-0.2, 0) is 6.42 Å². The summed E-state index contributed by atoms with van der Waals surface area (Å²) in [4.78, 5) is 32.6. The minimum absolute atomic E-state index is 0.00638. The number of alkyl halides is 2. The van der Waals surface area contributed by atoms with Crippen molar-refractivity contribution in [3.05, 3.63) is 65.6 Å². The van der Waals surface area contributed by atoms with Gasteiger partial charge in [-0.15, -0.1) is 0 Å². The summed E-state index contributed by atoms with van der Waals surface area (Å²) in [7, 11) is 4.11. The number of benzene rings is 1. The van der Waals surface area contributed by atoms with Crippen LogP contribution in [0.3, 0.4) is 0 Å². The number of carbonyl (C=O) groups excluding carboxylic acids is 1. The van der Waals surface area contributed by atoms with Gasteiger partial charge in [-0.25, -0.2) is 23.1 Å². The number of nitrogens with one attached hydrogen (secondary N) is 1. The Bertz CT molecular complexity index is 1570. The first-order valence-corrected chi connectivity index (χ1v) is 16.2. The summed E-state index contributed by atoms with van der Waals surface area (Å²) >= 11 is 0. The van der Waals surface area contributed by atoms with E-state index in [2.05, 4.69) is 44.2 Å². The summed E-state index contributed by atoms with van der Waals surface area (Å²) in [5.74, 6) is -2.19. The third-order valence-corrected chi connectivity index (χ3v) is 9.02. The molecule has 6 rings (SSSR count). The fraction of sp³-hybridized carbons (Fsp3) is 0.529. The van der Waals surface area contributed by atoms with Gasteiger partial charge < -0.3 is 29.5 Å². The summed E-state index contributed by atoms with van der Waals surface area (Å²) in [5.41, 5.74) is 2.17. The molecule has 1 N–H and O–H groups in total. The van der Waals surface area contributed by atoms with Gasteiger partial charge in [0.2, 0.25) is 0 Å². The number of pyridine rings is 1. The molecule has 1 aliphatic carbocycles. The number of rotatable bonds is 10. The molecule has 1 amide bonds. The molecule has 252 valence electrons. The molecule has 0 bridgehead atoms. The van der Waals surface area contributed by atoms with Gasteiger partial charge in [-0.1, -0.05) is 0 Å². The zero-order valence-electron chi connectivity index (χ0n) is 27.3. The normalized spacial score (nSPS) is 19.8. The van der Waals surface area contributed by atoms with Crippen LogP contribution in [0, 0.1) is 5.82 Å². The lowest BCUT2D eigenvalue weighted by Gasteiger charge is -2.44. The highest BCUT2D eigenvalue weighted by Gasteiger charge is 2.50. The summed E-state index contributed by atoms with van der Waals surface area (Å²) in [5, 5.41) is 3.61. The Morgan fingerprint density at radius 1 is 1.11 bits per heavy atom. The van der Waals surface area contributed by atoms with Crippen molar-refractivity contribution in [2.75, 3.05) is 45.2 Å². The molecule has 13 heteroatoms. The second-order valence-corrected chi connectivity index (χ2v) is 13.2. The van der Waals surface area contributed by atoms with E-state index in [0.29, 0.717) is 24.7 Å². The number of hydrogen-bond acceptors (Lipinski definition) is 9. The number of carbonyl (C=O) groups is 1. The van der Waals surface area contributed by atoms with Crippen LogP contribution in [-0.4, -0.2) is 95.0 Å². The lowest BCUT2D eigenvalue weighted by molar-refractivity contribution is -0.120. The maximum Gasteiger partial charge on any atom is 0.258 e. The predicted octanol–water partition coefficient (Wildman–Crippen LogP) is 5.25. The topological polar surface area (TPSA) is 96.0 Å². The van der Waals surface area contributed by atoms with Gasteiger partial charge in [0, 0.05) is 82.1 Å². The van der Waals surface area contributed by atoms with Crippen LogP contribution in [0.1, 0.15) is 67.2 Å². The van der Waals surface area contributed by atoms with Crippen molar-refractivity contribution in [3.63, 3.8) is 0 Å². The molecule has 1 saturated carbocycles. The molecule has 3 aliphatic rings. The van der Waals surface area contributed by atoms with Gasteiger partial charge in [0.15, 0.2) is 11.6 Å². The van der Waals surface area contributed by atoms with E-state index in [1.807, 2.05) is 12.3 Å². The highest BCUT2D eigenvalue weighted by Crippen LogP contribution is 2.43. The zero-order chi connectivity index (χ0) is 33.3. The highest BCUT2D eigenvalue weighted by atomic mass is 19.3. The molecule has 1 unspecified atom stereocenters. The molecule has 1 atom stereocenters. The van der Waals surface area contributed by atoms with Crippen molar-refractivity contribution >= 4 is 11.7 Å². The minimum atomic E-state index is -2.81. The molecule has 3 aromatic rings. The van der Waals surface area contributed by atoms with Gasteiger partial charge in [0.25, 0.3) is 11.8 Å². The lowest BCUT2D eigenvalue weighted by Crippen LogP contribution is -2.55. The summed E-state index contributed by atoms with van der Waals surface area (Å²) in [6.07, 6.45) is 6.25. The van der Waals surface area contributed by atoms with Gasteiger partial charge in [0.05, 0.1) is 23.5 Å². The molecular weight excluding hydrogens is 611 g/mol. The molecule has 47 heavy (non-hydrogen) atoms. The summed E-state index contributed by atoms with van der Waals surface area (Å²) in [6.45, 7) is 6.51. The van der Waals surface area contributed by atoms with Crippen LogP contribution in [0.15, 0.2) is 43.0 Å². The standard InChI is InChI=1S/C34H42F3N7O3/c1-21(2)44(23-16-34(36,37)17-23)33(45)25-15-22(35)5-6-28(25)47-30-18-38-20-41-32(30)43-13-9-24(10-14-43)46-29-8-12-39-26-7-11-40-27(31(26)29)19-42(3)4/h5-6,8,12,15,18,20-21,23-24,27,40H,7,9-11,13-14,16-17,19H2,1-4H3. The largest absolute Gasteiger partial charge is 0.490 e. The van der Waals surface area contributed by atoms with Crippen molar-refractivity contribution in [1.29, 1.82) is 0 Å². The quantitative estimate of drug-likeness (QED) is 0.315. The average Bonchev–Trinajstić information content (AvgIpc) is 3.01. The maximum absolute atomic E-state index is 14.5. The Hall–Kier alpha value is -3.97. The summed E-state index contributed by atoms with van der Waals surface area (Å²) in [6, 6.07) is 4.76. The van der Waals surface area contributed by atoms with Crippen molar-refractivity contribution in [1.82, 2.24) is 30.1 Å². The fourth-order valence-corrected chi connectivity index (χ4v) is 6.81. The molecule has 0 spiro atoms. The van der Waals surface area contributed by atoms with E-state index in [1.54, 1.807) is 13.8 Å². The second-order valence-electron chi connectivity index (χ2n) is 13.2. The Kier molecular flexibility index (Phi) is 9.56. The highest BCUT2D eigenvalue weighted by molar-refractivity contribution is 5.97. The Balaban J connectivity index is 1.16. The lowest BCUT2D eigenvalue weighted by atomic mass is 9.85. The Morgan fingerprint density at radius 2 is 1.87 bits per heavy atom. The van der Waals surface area contributed by atoms with E-state index in [4.69, 9.17) is 9.47 Å². The van der Waals surface area contributed by atoms with Crippen LogP contribution in [0.2, 0.25) is 0 Å². The number of fused-ring (bicyclic) bond motifs is 1. The number of aromatic nitrogens is 3. The Morgan fingerprint density at radius 3 is 2.57 bits per heavy atom. The van der Waals surface area contributed by atoms with E-state index < -0.39 is 36.5 Å². The van der Waals surface area contributed by atoms with Crippen molar-refractivity contribution < 1.29 is 27.4 Å². The van der Waals surface area contributed by atoms with E-state index in [9.17, 15) is 18.0 Å². The first kappa shape index (κ1) is 33.0. The van der Waals surface area contributed by atoms with E-state index in [1.165, 1.54) is 29.6 Å². The van der Waals surface area contributed by atoms with Crippen molar-refractivity contribution in [3.8, 4) is 17.2 Å². The number of amides is 1. The van der Waals surface area contributed by atoms with E-state index in [0.717, 1.165) is 55.4 Å². The molecular formula is C34H42F3N7O3. The molecule has 0 radical (unpaired) electrons. The van der Waals surface area contributed by atoms with Crippen LogP contribution in [0.4, 0.5) is 19.0 Å². The molecule has 2 aromatic heterocycles. The molecule has 1 aromatic carbocycles. The summed E-state index contributed by atoms with van der Waals surface area (Å²) < 4.78 is 54.8. The SMILES string of the molecule is CC(C)N(C(=O)c1cc(F)ccc1Oc1cncnc1N1CCC(Oc2ccnc3c2C(CN(C)C)NCC3)CC1)C1CC(F)(F)C1. The van der Waals surface area contributed by atoms with E-state index >= 15 is 0 Å². The Labute approximate surface area is 273 Å². The third kappa shape index (κ3) is 7.30. The van der Waals surface area contributed by atoms with Crippen molar-refractivity contribution in [2.45, 2.75) is 76.1 Å². The van der Waals surface area contributed by atoms with Crippen LogP contribution >= 0.6 is 0 Å². The number of ether oxygens (including phenoxy) is 2. The van der Waals surface area contributed by atoms with Gasteiger partial charge in [-0.2, -0.15) is 0 Å². The first-order valence-electron chi connectivity index (χ1n) is 16.2. The van der Waals surface area contributed by atoms with Gasteiger partial charge in [0.1, 0.15) is 29.7 Å². The second kappa shape index (κ2) is 13.6. The van der Waals surface area contributed by atoms with Crippen molar-refractivity contribution in [2.24, 2.45) is 0 Å². The smallest absolute Gasteiger partial charge is 0.258 e. The monoisotopic (exact) mass is 653 g/mol. The zero-order valence-corrected chi connectivity index (χ0v) is 27.3. The molecule has 4 heterocycles. The van der Waals surface area contributed by atoms with Gasteiger partial charge >= 0.3 is 0 Å². The molecule has 2 aliphatic heterocycles. The van der Waals surface area contributed by atoms with E-state index in [-0.39, 0.29) is 29.5 Å². The van der Waals surface area contributed by atoms with Crippen LogP contribution in [0.5, 0.6) is 17.2 Å². The number of halogens is 3. The average molecular weight is 654 g/mol. The van der Waals surface area contributed by atoms with Gasteiger partial charge in [-0.3, -0.25) is 9.78 Å². The first-order chi connectivity index (χ1) is 22.5. The minimum Gasteiger partial charge on any atom is -0.490 e.